The molecule has 5 nitrogen and oxygen atoms in total. The van der Waals surface area contributed by atoms with Crippen LogP contribution in [0, 0.1) is 5.92 Å². The number of nitrogens with one attached hydrogen (secondary N) is 2. The Morgan fingerprint density at radius 2 is 2.50 bits per heavy atom. The third-order valence-corrected chi connectivity index (χ3v) is 2.34. The predicted molar refractivity (Wildman–Crippen MR) is 56.2 cm³/mol. The van der Waals surface area contributed by atoms with E-state index in [1.54, 1.807) is 5.51 Å². The van der Waals surface area contributed by atoms with Crippen molar-refractivity contribution >= 4 is 22.4 Å². The number of hydrogen-bond acceptors (Lipinski definition) is 5. The van der Waals surface area contributed by atoms with Gasteiger partial charge in [0.2, 0.25) is 11.0 Å². The Kier molecular flexibility index (Phi) is 4.48. The van der Waals surface area contributed by atoms with Crippen molar-refractivity contribution in [1.82, 2.24) is 15.5 Å². The molecule has 0 aliphatic carbocycles. The highest BCUT2D eigenvalue weighted by Gasteiger charge is 2.13. The van der Waals surface area contributed by atoms with E-state index in [1.165, 1.54) is 11.3 Å². The number of hydrogen-bond donors (Lipinski definition) is 2. The van der Waals surface area contributed by atoms with E-state index < -0.39 is 0 Å². The third-order valence-electron chi connectivity index (χ3n) is 1.74. The Morgan fingerprint density at radius 3 is 3.07 bits per heavy atom. The molecule has 1 unspecified atom stereocenters. The zero-order valence-electron chi connectivity index (χ0n) is 8.28. The number of nitrogens with zero attached hydrogens (tertiary/aromatic N) is 2. The van der Waals surface area contributed by atoms with E-state index in [0.29, 0.717) is 11.7 Å². The van der Waals surface area contributed by atoms with Crippen LogP contribution in [0.25, 0.3) is 0 Å². The van der Waals surface area contributed by atoms with Crippen LogP contribution < -0.4 is 10.6 Å². The molecular weight excluding hydrogens is 200 g/mol. The van der Waals surface area contributed by atoms with Gasteiger partial charge in [-0.15, -0.1) is 10.2 Å². The number of rotatable bonds is 5. The Hall–Kier alpha value is -1.01. The van der Waals surface area contributed by atoms with Gasteiger partial charge in [0.15, 0.2) is 0 Å². The molecule has 1 aromatic rings. The molecule has 0 saturated carbocycles. The molecule has 0 aliphatic heterocycles. The molecule has 0 fully saturated rings. The molecule has 0 saturated heterocycles. The zero-order valence-corrected chi connectivity index (χ0v) is 9.10. The molecule has 2 N–H and O–H groups in total. The number of carbonyl (C=O) groups excluding carboxylic acids is 1. The fraction of sp³-hybridized carbons (Fsp3) is 0.625. The highest BCUT2D eigenvalue weighted by atomic mass is 32.1. The van der Waals surface area contributed by atoms with Gasteiger partial charge in [-0.3, -0.25) is 4.79 Å². The topological polar surface area (TPSA) is 66.9 Å². The highest BCUT2D eigenvalue weighted by molar-refractivity contribution is 7.13. The fourth-order valence-corrected chi connectivity index (χ4v) is 1.36. The van der Waals surface area contributed by atoms with Gasteiger partial charge in [0.05, 0.1) is 0 Å². The van der Waals surface area contributed by atoms with Crippen LogP contribution >= 0.6 is 11.3 Å². The second-order valence-electron chi connectivity index (χ2n) is 2.94. The first-order chi connectivity index (χ1) is 6.74. The lowest BCUT2D eigenvalue weighted by Crippen LogP contribution is -2.30. The van der Waals surface area contributed by atoms with Gasteiger partial charge in [0, 0.05) is 12.5 Å². The summed E-state index contributed by atoms with van der Waals surface area (Å²) < 4.78 is 0. The number of anilines is 1. The van der Waals surface area contributed by atoms with Crippen LogP contribution in [0.4, 0.5) is 5.13 Å². The Labute approximate surface area is 86.9 Å². The summed E-state index contributed by atoms with van der Waals surface area (Å²) in [7, 11) is 0. The lowest BCUT2D eigenvalue weighted by Gasteiger charge is -2.09. The SMILES string of the molecule is CCNCC(C)C(=O)Nc1nncs1. The standard InChI is InChI=1S/C8H14N4OS/c1-3-9-4-6(2)7(13)11-8-12-10-5-14-8/h5-6,9H,3-4H2,1-2H3,(H,11,12,13). The minimum atomic E-state index is -0.0566. The molecule has 1 heterocycles. The minimum absolute atomic E-state index is 0.0253. The summed E-state index contributed by atoms with van der Waals surface area (Å²) in [4.78, 5) is 11.5. The normalized spacial score (nSPS) is 12.4. The summed E-state index contributed by atoms with van der Waals surface area (Å²) >= 11 is 1.32. The van der Waals surface area contributed by atoms with Crippen LogP contribution in [0.5, 0.6) is 0 Å². The Bertz CT molecular complexity index is 275. The second-order valence-corrected chi connectivity index (χ2v) is 3.78. The summed E-state index contributed by atoms with van der Waals surface area (Å²) in [6.07, 6.45) is 0. The lowest BCUT2D eigenvalue weighted by molar-refractivity contribution is -0.119. The summed E-state index contributed by atoms with van der Waals surface area (Å²) in [6.45, 7) is 5.44. The quantitative estimate of drug-likeness (QED) is 0.758. The molecule has 6 heteroatoms. The molecule has 0 spiro atoms. The second kappa shape index (κ2) is 5.66. The summed E-state index contributed by atoms with van der Waals surface area (Å²) in [6, 6.07) is 0. The average molecular weight is 214 g/mol. The Morgan fingerprint density at radius 1 is 1.71 bits per heavy atom. The van der Waals surface area contributed by atoms with Crippen molar-refractivity contribution in [1.29, 1.82) is 0 Å². The van der Waals surface area contributed by atoms with E-state index in [0.717, 1.165) is 6.54 Å². The van der Waals surface area contributed by atoms with Gasteiger partial charge in [-0.2, -0.15) is 0 Å². The maximum Gasteiger partial charge on any atom is 0.230 e. The minimum Gasteiger partial charge on any atom is -0.316 e. The largest absolute Gasteiger partial charge is 0.316 e. The molecule has 1 atom stereocenters. The molecule has 0 aliphatic rings. The molecular formula is C8H14N4OS. The van der Waals surface area contributed by atoms with Crippen LogP contribution in [-0.2, 0) is 4.79 Å². The third kappa shape index (κ3) is 3.39. The van der Waals surface area contributed by atoms with Gasteiger partial charge in [-0.05, 0) is 6.54 Å². The fourth-order valence-electron chi connectivity index (χ4n) is 0.910. The first kappa shape index (κ1) is 11.1. The van der Waals surface area contributed by atoms with Crippen LogP contribution in [0.2, 0.25) is 0 Å². The summed E-state index contributed by atoms with van der Waals surface area (Å²) in [5, 5.41) is 13.7. The van der Waals surface area contributed by atoms with Gasteiger partial charge < -0.3 is 10.6 Å². The van der Waals surface area contributed by atoms with E-state index in [2.05, 4.69) is 20.8 Å². The van der Waals surface area contributed by atoms with E-state index >= 15 is 0 Å². The molecule has 0 aromatic carbocycles. The average Bonchev–Trinajstić information content (AvgIpc) is 2.66. The van der Waals surface area contributed by atoms with E-state index in [1.807, 2.05) is 13.8 Å². The van der Waals surface area contributed by atoms with Gasteiger partial charge in [0.1, 0.15) is 5.51 Å². The summed E-state index contributed by atoms with van der Waals surface area (Å²) in [5.41, 5.74) is 1.59. The first-order valence-corrected chi connectivity index (χ1v) is 5.39. The van der Waals surface area contributed by atoms with Crippen LogP contribution in [0.1, 0.15) is 13.8 Å². The lowest BCUT2D eigenvalue weighted by atomic mass is 10.1. The van der Waals surface area contributed by atoms with Gasteiger partial charge >= 0.3 is 0 Å². The first-order valence-electron chi connectivity index (χ1n) is 4.51. The zero-order chi connectivity index (χ0) is 10.4. The van der Waals surface area contributed by atoms with Gasteiger partial charge in [-0.1, -0.05) is 25.2 Å². The van der Waals surface area contributed by atoms with Crippen molar-refractivity contribution in [2.24, 2.45) is 5.92 Å². The van der Waals surface area contributed by atoms with Crippen molar-refractivity contribution in [3.8, 4) is 0 Å². The van der Waals surface area contributed by atoms with E-state index in [9.17, 15) is 4.79 Å². The number of carbonyl (C=O) groups is 1. The van der Waals surface area contributed by atoms with Crippen molar-refractivity contribution in [3.63, 3.8) is 0 Å². The van der Waals surface area contributed by atoms with Crippen molar-refractivity contribution < 1.29 is 4.79 Å². The van der Waals surface area contributed by atoms with Gasteiger partial charge in [-0.25, -0.2) is 0 Å². The molecule has 14 heavy (non-hydrogen) atoms. The highest BCUT2D eigenvalue weighted by Crippen LogP contribution is 2.09. The van der Waals surface area contributed by atoms with Crippen molar-refractivity contribution in [2.45, 2.75) is 13.8 Å². The van der Waals surface area contributed by atoms with Crippen LogP contribution in [0.15, 0.2) is 5.51 Å². The molecule has 1 rings (SSSR count). The number of aromatic nitrogens is 2. The van der Waals surface area contributed by atoms with Crippen LogP contribution in [-0.4, -0.2) is 29.2 Å². The molecule has 1 amide bonds. The summed E-state index contributed by atoms with van der Waals surface area (Å²) in [5.74, 6) is -0.0819. The number of amides is 1. The maximum absolute atomic E-state index is 11.5. The van der Waals surface area contributed by atoms with E-state index in [-0.39, 0.29) is 11.8 Å². The smallest absolute Gasteiger partial charge is 0.230 e. The predicted octanol–water partition coefficient (Wildman–Crippen LogP) is 0.722. The molecule has 0 radical (unpaired) electrons. The molecule has 0 bridgehead atoms. The molecule has 1 aromatic heterocycles. The van der Waals surface area contributed by atoms with Crippen molar-refractivity contribution in [2.75, 3.05) is 18.4 Å². The van der Waals surface area contributed by atoms with Gasteiger partial charge in [0.25, 0.3) is 0 Å². The Balaban J connectivity index is 2.34. The van der Waals surface area contributed by atoms with E-state index in [4.69, 9.17) is 0 Å². The van der Waals surface area contributed by atoms with Crippen molar-refractivity contribution in [3.05, 3.63) is 5.51 Å². The maximum atomic E-state index is 11.5. The monoisotopic (exact) mass is 214 g/mol. The molecule has 78 valence electrons. The van der Waals surface area contributed by atoms with Crippen LogP contribution in [0.3, 0.4) is 0 Å².